The third-order valence-corrected chi connectivity index (χ3v) is 2.74. The molecule has 110 valence electrons. The second-order valence-corrected chi connectivity index (χ2v) is 4.30. The lowest BCUT2D eigenvalue weighted by atomic mass is 10.2. The van der Waals surface area contributed by atoms with E-state index in [9.17, 15) is 4.79 Å². The van der Waals surface area contributed by atoms with Crippen LogP contribution >= 0.6 is 0 Å². The number of amides is 1. The smallest absolute Gasteiger partial charge is 0.260 e. The number of hydrogen-bond acceptors (Lipinski definition) is 4. The Morgan fingerprint density at radius 3 is 2.80 bits per heavy atom. The SMILES string of the molecule is C=CCN(CCO)C(=O)COc1ccc(C)cc1OC. The molecule has 0 unspecified atom stereocenters. The first-order valence-corrected chi connectivity index (χ1v) is 6.39. The highest BCUT2D eigenvalue weighted by atomic mass is 16.5. The molecule has 1 amide bonds. The number of hydrogen-bond donors (Lipinski definition) is 1. The molecule has 0 bridgehead atoms. The molecule has 0 radical (unpaired) electrons. The van der Waals surface area contributed by atoms with Crippen LogP contribution in [0, 0.1) is 6.92 Å². The fourth-order valence-corrected chi connectivity index (χ4v) is 1.72. The van der Waals surface area contributed by atoms with E-state index in [0.29, 0.717) is 18.0 Å². The fraction of sp³-hybridized carbons (Fsp3) is 0.400. The normalized spacial score (nSPS) is 9.95. The van der Waals surface area contributed by atoms with E-state index in [1.54, 1.807) is 19.3 Å². The summed E-state index contributed by atoms with van der Waals surface area (Å²) in [5.74, 6) is 0.908. The number of ether oxygens (including phenoxy) is 2. The van der Waals surface area contributed by atoms with E-state index in [0.717, 1.165) is 5.56 Å². The van der Waals surface area contributed by atoms with Crippen molar-refractivity contribution in [2.75, 3.05) is 33.4 Å². The maximum Gasteiger partial charge on any atom is 0.260 e. The summed E-state index contributed by atoms with van der Waals surface area (Å²) in [5.41, 5.74) is 1.05. The number of nitrogens with zero attached hydrogens (tertiary/aromatic N) is 1. The molecule has 1 aromatic carbocycles. The quantitative estimate of drug-likeness (QED) is 0.731. The van der Waals surface area contributed by atoms with Crippen molar-refractivity contribution in [1.29, 1.82) is 0 Å². The number of rotatable bonds is 8. The minimum Gasteiger partial charge on any atom is -0.493 e. The van der Waals surface area contributed by atoms with Gasteiger partial charge in [0.25, 0.3) is 5.91 Å². The summed E-state index contributed by atoms with van der Waals surface area (Å²) in [7, 11) is 1.55. The Kier molecular flexibility index (Phi) is 6.59. The van der Waals surface area contributed by atoms with Gasteiger partial charge in [-0.1, -0.05) is 12.1 Å². The highest BCUT2D eigenvalue weighted by Gasteiger charge is 2.13. The molecule has 0 aliphatic rings. The highest BCUT2D eigenvalue weighted by Crippen LogP contribution is 2.27. The molecule has 1 N–H and O–H groups in total. The van der Waals surface area contributed by atoms with Gasteiger partial charge in [-0.25, -0.2) is 0 Å². The molecular formula is C15H21NO4. The molecule has 1 aromatic rings. The first-order valence-electron chi connectivity index (χ1n) is 6.39. The van der Waals surface area contributed by atoms with Gasteiger partial charge >= 0.3 is 0 Å². The molecule has 0 saturated carbocycles. The Balaban J connectivity index is 2.65. The first-order chi connectivity index (χ1) is 9.62. The fourth-order valence-electron chi connectivity index (χ4n) is 1.72. The van der Waals surface area contributed by atoms with Gasteiger partial charge in [0.1, 0.15) is 0 Å². The van der Waals surface area contributed by atoms with Crippen LogP contribution in [0.3, 0.4) is 0 Å². The minimum atomic E-state index is -0.207. The van der Waals surface area contributed by atoms with Gasteiger partial charge in [0.05, 0.1) is 13.7 Å². The van der Waals surface area contributed by atoms with E-state index in [2.05, 4.69) is 6.58 Å². The average molecular weight is 279 g/mol. The molecule has 1 rings (SSSR count). The van der Waals surface area contributed by atoms with Crippen LogP contribution in [0.5, 0.6) is 11.5 Å². The van der Waals surface area contributed by atoms with Crippen LogP contribution < -0.4 is 9.47 Å². The number of aryl methyl sites for hydroxylation is 1. The van der Waals surface area contributed by atoms with Crippen molar-refractivity contribution >= 4 is 5.91 Å². The lowest BCUT2D eigenvalue weighted by Gasteiger charge is -2.20. The van der Waals surface area contributed by atoms with Crippen LogP contribution in [0.4, 0.5) is 0 Å². The Hall–Kier alpha value is -2.01. The molecule has 0 atom stereocenters. The molecule has 0 aromatic heterocycles. The van der Waals surface area contributed by atoms with Crippen molar-refractivity contribution in [2.45, 2.75) is 6.92 Å². The highest BCUT2D eigenvalue weighted by molar-refractivity contribution is 5.78. The number of benzene rings is 1. The summed E-state index contributed by atoms with van der Waals surface area (Å²) in [4.78, 5) is 13.4. The van der Waals surface area contributed by atoms with Crippen LogP contribution in [0.15, 0.2) is 30.9 Å². The second-order valence-electron chi connectivity index (χ2n) is 4.30. The van der Waals surface area contributed by atoms with E-state index in [1.165, 1.54) is 4.90 Å². The molecule has 0 aliphatic heterocycles. The summed E-state index contributed by atoms with van der Waals surface area (Å²) in [6.45, 7) is 5.99. The Labute approximate surface area is 119 Å². The topological polar surface area (TPSA) is 59.0 Å². The molecule has 5 heteroatoms. The molecule has 0 spiro atoms. The largest absolute Gasteiger partial charge is 0.493 e. The summed E-state index contributed by atoms with van der Waals surface area (Å²) in [6, 6.07) is 5.50. The number of carbonyl (C=O) groups is 1. The van der Waals surface area contributed by atoms with Gasteiger partial charge < -0.3 is 19.5 Å². The van der Waals surface area contributed by atoms with Gasteiger partial charge in [-0.3, -0.25) is 4.79 Å². The monoisotopic (exact) mass is 279 g/mol. The van der Waals surface area contributed by atoms with E-state index in [-0.39, 0.29) is 25.7 Å². The zero-order valence-electron chi connectivity index (χ0n) is 12.0. The number of methoxy groups -OCH3 is 1. The number of aliphatic hydroxyl groups is 1. The maximum atomic E-state index is 12.0. The average Bonchev–Trinajstić information content (AvgIpc) is 2.45. The summed E-state index contributed by atoms with van der Waals surface area (Å²) in [6.07, 6.45) is 1.61. The van der Waals surface area contributed by atoms with Crippen LogP contribution in [0.2, 0.25) is 0 Å². The predicted octanol–water partition coefficient (Wildman–Crippen LogP) is 1.39. The first kappa shape index (κ1) is 16.0. The van der Waals surface area contributed by atoms with Crippen LogP contribution in [-0.2, 0) is 4.79 Å². The number of aliphatic hydroxyl groups excluding tert-OH is 1. The lowest BCUT2D eigenvalue weighted by molar-refractivity contribution is -0.133. The molecule has 20 heavy (non-hydrogen) atoms. The number of carbonyl (C=O) groups excluding carboxylic acids is 1. The zero-order chi connectivity index (χ0) is 15.0. The van der Waals surface area contributed by atoms with Crippen molar-refractivity contribution in [1.82, 2.24) is 4.90 Å². The molecule has 0 fully saturated rings. The summed E-state index contributed by atoms with van der Waals surface area (Å²) >= 11 is 0. The van der Waals surface area contributed by atoms with Gasteiger partial charge in [0.2, 0.25) is 0 Å². The van der Waals surface area contributed by atoms with E-state index < -0.39 is 0 Å². The third-order valence-electron chi connectivity index (χ3n) is 2.74. The van der Waals surface area contributed by atoms with Crippen molar-refractivity contribution in [3.63, 3.8) is 0 Å². The Bertz CT molecular complexity index is 459. The standard InChI is InChI=1S/C15H21NO4/c1-4-7-16(8-9-17)15(18)11-20-13-6-5-12(2)10-14(13)19-3/h4-6,10,17H,1,7-9,11H2,2-3H3. The van der Waals surface area contributed by atoms with Crippen molar-refractivity contribution in [3.05, 3.63) is 36.4 Å². The van der Waals surface area contributed by atoms with Gasteiger partial charge in [-0.05, 0) is 24.6 Å². The van der Waals surface area contributed by atoms with Crippen LogP contribution in [0.1, 0.15) is 5.56 Å². The van der Waals surface area contributed by atoms with Crippen molar-refractivity contribution < 1.29 is 19.4 Å². The Morgan fingerprint density at radius 2 is 2.20 bits per heavy atom. The lowest BCUT2D eigenvalue weighted by Crippen LogP contribution is -2.37. The van der Waals surface area contributed by atoms with Crippen molar-refractivity contribution in [3.8, 4) is 11.5 Å². The third kappa shape index (κ3) is 4.59. The summed E-state index contributed by atoms with van der Waals surface area (Å²) < 4.78 is 10.7. The van der Waals surface area contributed by atoms with Gasteiger partial charge in [-0.2, -0.15) is 0 Å². The minimum absolute atomic E-state index is 0.0898. The second kappa shape index (κ2) is 8.22. The Morgan fingerprint density at radius 1 is 1.45 bits per heavy atom. The molecule has 0 saturated heterocycles. The maximum absolute atomic E-state index is 12.0. The zero-order valence-corrected chi connectivity index (χ0v) is 12.0. The predicted molar refractivity (Wildman–Crippen MR) is 77.1 cm³/mol. The van der Waals surface area contributed by atoms with Gasteiger partial charge in [-0.15, -0.1) is 6.58 Å². The van der Waals surface area contributed by atoms with E-state index >= 15 is 0 Å². The summed E-state index contributed by atoms with van der Waals surface area (Å²) in [5, 5.41) is 8.92. The van der Waals surface area contributed by atoms with Crippen molar-refractivity contribution in [2.24, 2.45) is 0 Å². The van der Waals surface area contributed by atoms with Crippen LogP contribution in [-0.4, -0.2) is 49.3 Å². The van der Waals surface area contributed by atoms with Gasteiger partial charge in [0, 0.05) is 13.1 Å². The molecule has 5 nitrogen and oxygen atoms in total. The van der Waals surface area contributed by atoms with E-state index in [1.807, 2.05) is 19.1 Å². The molecule has 0 heterocycles. The molecule has 0 aliphatic carbocycles. The van der Waals surface area contributed by atoms with E-state index in [4.69, 9.17) is 14.6 Å². The van der Waals surface area contributed by atoms with Crippen LogP contribution in [0.25, 0.3) is 0 Å². The van der Waals surface area contributed by atoms with Gasteiger partial charge in [0.15, 0.2) is 18.1 Å². The molecular weight excluding hydrogens is 258 g/mol.